The molecule has 0 aliphatic carbocycles. The number of Topliss-reactive ketones (excluding diaryl/α,β-unsaturated/α-hetero) is 1. The minimum atomic E-state index is 0.124. The number of carbonyl (C=O) groups excluding carboxylic acids is 1. The van der Waals surface area contributed by atoms with E-state index >= 15 is 0 Å². The van der Waals surface area contributed by atoms with Gasteiger partial charge < -0.3 is 5.32 Å². The molecule has 2 rings (SSSR count). The Morgan fingerprint density at radius 3 is 2.50 bits per heavy atom. The second kappa shape index (κ2) is 5.17. The lowest BCUT2D eigenvalue weighted by Crippen LogP contribution is -2.31. The average Bonchev–Trinajstić information content (AvgIpc) is 2.33. The Morgan fingerprint density at radius 1 is 1.19 bits per heavy atom. The van der Waals surface area contributed by atoms with E-state index in [0.29, 0.717) is 15.6 Å². The molecule has 1 fully saturated rings. The van der Waals surface area contributed by atoms with Gasteiger partial charge in [-0.25, -0.2) is 0 Å². The predicted molar refractivity (Wildman–Crippen MR) is 66.4 cm³/mol. The van der Waals surface area contributed by atoms with Gasteiger partial charge in [0.1, 0.15) is 0 Å². The van der Waals surface area contributed by atoms with Crippen molar-refractivity contribution in [3.8, 4) is 0 Å². The van der Waals surface area contributed by atoms with Crippen molar-refractivity contribution < 1.29 is 4.79 Å². The van der Waals surface area contributed by atoms with Crippen LogP contribution in [0, 0.1) is 5.92 Å². The fourth-order valence-corrected chi connectivity index (χ4v) is 2.27. The highest BCUT2D eigenvalue weighted by molar-refractivity contribution is 6.42. The molecule has 0 saturated carbocycles. The number of nitrogens with one attached hydrogen (secondary N) is 1. The van der Waals surface area contributed by atoms with Crippen LogP contribution in [-0.2, 0) is 0 Å². The Hall–Kier alpha value is -0.570. The number of ketones is 1. The largest absolute Gasteiger partial charge is 0.317 e. The van der Waals surface area contributed by atoms with E-state index in [9.17, 15) is 4.79 Å². The van der Waals surface area contributed by atoms with Crippen LogP contribution in [0.25, 0.3) is 0 Å². The van der Waals surface area contributed by atoms with Crippen molar-refractivity contribution in [3.05, 3.63) is 33.8 Å². The molecule has 0 bridgehead atoms. The minimum Gasteiger partial charge on any atom is -0.317 e. The second-order valence-corrected chi connectivity index (χ2v) is 4.83. The number of piperidine rings is 1. The van der Waals surface area contributed by atoms with Crippen molar-refractivity contribution in [1.29, 1.82) is 0 Å². The molecule has 1 heterocycles. The summed E-state index contributed by atoms with van der Waals surface area (Å²) in [6.45, 7) is 1.83. The summed E-state index contributed by atoms with van der Waals surface area (Å²) in [4.78, 5) is 12.1. The fraction of sp³-hybridized carbons (Fsp3) is 0.417. The molecule has 1 aromatic rings. The molecule has 1 aliphatic rings. The summed E-state index contributed by atoms with van der Waals surface area (Å²) in [6.07, 6.45) is 1.80. The average molecular weight is 258 g/mol. The standard InChI is InChI=1S/C12H13Cl2NO/c13-10-2-1-9(7-11(10)14)12(16)8-3-5-15-6-4-8/h1-2,7-8,15H,3-6H2. The Morgan fingerprint density at radius 2 is 1.88 bits per heavy atom. The van der Waals surface area contributed by atoms with Crippen LogP contribution in [0.3, 0.4) is 0 Å². The minimum absolute atomic E-state index is 0.124. The molecule has 0 amide bonds. The van der Waals surface area contributed by atoms with Gasteiger partial charge in [-0.15, -0.1) is 0 Å². The Balaban J connectivity index is 2.16. The highest BCUT2D eigenvalue weighted by Gasteiger charge is 2.22. The highest BCUT2D eigenvalue weighted by Crippen LogP contribution is 2.25. The van der Waals surface area contributed by atoms with Gasteiger partial charge in [-0.3, -0.25) is 4.79 Å². The van der Waals surface area contributed by atoms with Gasteiger partial charge >= 0.3 is 0 Å². The topological polar surface area (TPSA) is 29.1 Å². The van der Waals surface area contributed by atoms with E-state index < -0.39 is 0 Å². The van der Waals surface area contributed by atoms with Gasteiger partial charge in [0.15, 0.2) is 5.78 Å². The molecule has 1 aromatic carbocycles. The monoisotopic (exact) mass is 257 g/mol. The molecule has 0 unspecified atom stereocenters. The SMILES string of the molecule is O=C(c1ccc(Cl)c(Cl)c1)C1CCNCC1. The molecule has 0 atom stereocenters. The lowest BCUT2D eigenvalue weighted by Gasteiger charge is -2.21. The molecule has 4 heteroatoms. The first-order valence-corrected chi connectivity index (χ1v) is 6.14. The number of carbonyl (C=O) groups is 1. The van der Waals surface area contributed by atoms with Crippen LogP contribution in [0.1, 0.15) is 23.2 Å². The summed E-state index contributed by atoms with van der Waals surface area (Å²) in [5.41, 5.74) is 0.668. The summed E-state index contributed by atoms with van der Waals surface area (Å²) in [5, 5.41) is 4.18. The number of benzene rings is 1. The number of halogens is 2. The predicted octanol–water partition coefficient (Wildman–Crippen LogP) is 3.18. The Kier molecular flexibility index (Phi) is 3.85. The molecule has 0 aromatic heterocycles. The van der Waals surface area contributed by atoms with E-state index in [2.05, 4.69) is 5.32 Å². The van der Waals surface area contributed by atoms with Gasteiger partial charge in [-0.1, -0.05) is 23.2 Å². The van der Waals surface area contributed by atoms with Crippen molar-refractivity contribution in [2.24, 2.45) is 5.92 Å². The second-order valence-electron chi connectivity index (χ2n) is 4.02. The summed E-state index contributed by atoms with van der Waals surface area (Å²) >= 11 is 11.7. The molecule has 1 saturated heterocycles. The van der Waals surface area contributed by atoms with E-state index in [0.717, 1.165) is 25.9 Å². The third kappa shape index (κ3) is 2.57. The number of hydrogen-bond donors (Lipinski definition) is 1. The molecular weight excluding hydrogens is 245 g/mol. The maximum absolute atomic E-state index is 12.1. The molecule has 16 heavy (non-hydrogen) atoms. The zero-order valence-corrected chi connectivity index (χ0v) is 10.3. The van der Waals surface area contributed by atoms with Crippen molar-refractivity contribution in [2.75, 3.05) is 13.1 Å². The molecule has 2 nitrogen and oxygen atoms in total. The molecule has 0 spiro atoms. The Labute approximate surface area is 105 Å². The number of rotatable bonds is 2. The van der Waals surface area contributed by atoms with Gasteiger partial charge in [-0.05, 0) is 44.1 Å². The highest BCUT2D eigenvalue weighted by atomic mass is 35.5. The quantitative estimate of drug-likeness (QED) is 0.825. The summed E-state index contributed by atoms with van der Waals surface area (Å²) < 4.78 is 0. The first-order valence-electron chi connectivity index (χ1n) is 5.38. The zero-order valence-electron chi connectivity index (χ0n) is 8.80. The smallest absolute Gasteiger partial charge is 0.166 e. The molecule has 1 aliphatic heterocycles. The van der Waals surface area contributed by atoms with Gasteiger partial charge in [0.2, 0.25) is 0 Å². The van der Waals surface area contributed by atoms with E-state index in [-0.39, 0.29) is 11.7 Å². The van der Waals surface area contributed by atoms with Crippen LogP contribution in [0.15, 0.2) is 18.2 Å². The normalized spacial score (nSPS) is 17.4. The van der Waals surface area contributed by atoms with E-state index in [1.807, 2.05) is 0 Å². The van der Waals surface area contributed by atoms with Crippen molar-refractivity contribution in [2.45, 2.75) is 12.8 Å². The lowest BCUT2D eigenvalue weighted by atomic mass is 9.90. The van der Waals surface area contributed by atoms with Crippen LogP contribution < -0.4 is 5.32 Å². The van der Waals surface area contributed by atoms with Crippen LogP contribution in [-0.4, -0.2) is 18.9 Å². The maximum Gasteiger partial charge on any atom is 0.166 e. The zero-order chi connectivity index (χ0) is 11.5. The third-order valence-corrected chi connectivity index (χ3v) is 3.65. The first kappa shape index (κ1) is 11.9. The van der Waals surface area contributed by atoms with Gasteiger partial charge in [0, 0.05) is 11.5 Å². The molecule has 86 valence electrons. The van der Waals surface area contributed by atoms with Crippen LogP contribution in [0.4, 0.5) is 0 Å². The maximum atomic E-state index is 12.1. The molecule has 1 N–H and O–H groups in total. The molecule has 0 radical (unpaired) electrons. The van der Waals surface area contributed by atoms with Crippen molar-refractivity contribution in [1.82, 2.24) is 5.32 Å². The van der Waals surface area contributed by atoms with E-state index in [4.69, 9.17) is 23.2 Å². The van der Waals surface area contributed by atoms with E-state index in [1.54, 1.807) is 18.2 Å². The fourth-order valence-electron chi connectivity index (χ4n) is 1.97. The summed E-state index contributed by atoms with van der Waals surface area (Å²) in [7, 11) is 0. The van der Waals surface area contributed by atoms with Gasteiger partial charge in [0.25, 0.3) is 0 Å². The van der Waals surface area contributed by atoms with Gasteiger partial charge in [-0.2, -0.15) is 0 Å². The summed E-state index contributed by atoms with van der Waals surface area (Å²) in [5.74, 6) is 0.304. The molecular formula is C12H13Cl2NO. The van der Waals surface area contributed by atoms with Crippen molar-refractivity contribution in [3.63, 3.8) is 0 Å². The first-order chi connectivity index (χ1) is 7.68. The van der Waals surface area contributed by atoms with Crippen molar-refractivity contribution >= 4 is 29.0 Å². The van der Waals surface area contributed by atoms with Crippen LogP contribution in [0.2, 0.25) is 10.0 Å². The third-order valence-electron chi connectivity index (χ3n) is 2.91. The van der Waals surface area contributed by atoms with Crippen LogP contribution >= 0.6 is 23.2 Å². The van der Waals surface area contributed by atoms with Crippen LogP contribution in [0.5, 0.6) is 0 Å². The Bertz CT molecular complexity index is 400. The van der Waals surface area contributed by atoms with Gasteiger partial charge in [0.05, 0.1) is 10.0 Å². The number of hydrogen-bond acceptors (Lipinski definition) is 2. The summed E-state index contributed by atoms with van der Waals surface area (Å²) in [6, 6.07) is 5.09. The van der Waals surface area contributed by atoms with E-state index in [1.165, 1.54) is 0 Å². The lowest BCUT2D eigenvalue weighted by molar-refractivity contribution is 0.0895.